The van der Waals surface area contributed by atoms with Gasteiger partial charge in [-0.2, -0.15) is 0 Å². The number of amides is 1. The number of rotatable bonds is 3. The maximum atomic E-state index is 14.4. The molecule has 0 saturated heterocycles. The number of benzene rings is 3. The molecule has 0 aliphatic carbocycles. The summed E-state index contributed by atoms with van der Waals surface area (Å²) in [5.74, 6) is -7.19. The zero-order chi connectivity index (χ0) is 18.8. The lowest BCUT2D eigenvalue weighted by molar-refractivity contribution is 0.102. The second-order valence-electron chi connectivity index (χ2n) is 5.36. The topological polar surface area (TPSA) is 49.3 Å². The molecular weight excluding hydrogens is 350 g/mol. The Morgan fingerprint density at radius 2 is 1.50 bits per heavy atom. The van der Waals surface area contributed by atoms with Gasteiger partial charge in [0.1, 0.15) is 5.82 Å². The van der Waals surface area contributed by atoms with E-state index in [0.717, 1.165) is 24.3 Å². The van der Waals surface area contributed by atoms with E-state index in [-0.39, 0.29) is 5.56 Å². The number of aromatic hydroxyl groups is 1. The molecule has 0 atom stereocenters. The fourth-order valence-corrected chi connectivity index (χ4v) is 2.41. The molecule has 3 nitrogen and oxygen atoms in total. The lowest BCUT2D eigenvalue weighted by Gasteiger charge is -2.12. The lowest BCUT2D eigenvalue weighted by Crippen LogP contribution is -2.13. The van der Waals surface area contributed by atoms with E-state index in [1.54, 1.807) is 18.2 Å². The molecule has 7 heteroatoms. The van der Waals surface area contributed by atoms with Gasteiger partial charge in [0, 0.05) is 11.1 Å². The van der Waals surface area contributed by atoms with Gasteiger partial charge in [0.2, 0.25) is 0 Å². The van der Waals surface area contributed by atoms with Crippen molar-refractivity contribution in [1.82, 2.24) is 0 Å². The largest absolute Gasteiger partial charge is 0.505 e. The second kappa shape index (κ2) is 6.87. The fourth-order valence-electron chi connectivity index (χ4n) is 2.41. The first-order valence-electron chi connectivity index (χ1n) is 7.42. The Morgan fingerprint density at radius 3 is 2.19 bits per heavy atom. The molecule has 0 spiro atoms. The van der Waals surface area contributed by atoms with Crippen LogP contribution in [0.2, 0.25) is 0 Å². The van der Waals surface area contributed by atoms with Crippen LogP contribution in [0.4, 0.5) is 23.2 Å². The number of phenols is 1. The van der Waals surface area contributed by atoms with Crippen molar-refractivity contribution in [2.75, 3.05) is 5.32 Å². The average Bonchev–Trinajstić information content (AvgIpc) is 2.65. The third-order valence-corrected chi connectivity index (χ3v) is 3.71. The maximum Gasteiger partial charge on any atom is 0.255 e. The number of phenolic OH excluding ortho intramolecular Hbond substituents is 1. The van der Waals surface area contributed by atoms with Crippen LogP contribution in [0.1, 0.15) is 10.4 Å². The summed E-state index contributed by atoms with van der Waals surface area (Å²) in [5, 5.41) is 11.5. The summed E-state index contributed by atoms with van der Waals surface area (Å²) in [5.41, 5.74) is -1.88. The van der Waals surface area contributed by atoms with Crippen LogP contribution in [0.3, 0.4) is 0 Å². The Kier molecular flexibility index (Phi) is 4.62. The monoisotopic (exact) mass is 361 g/mol. The Bertz CT molecular complexity index is 991. The standard InChI is InChI=1S/C19H11F4NO2/c20-12-7-9-14(25)18(23)15(12)11-6-8-13(17(22)16(11)21)24-19(26)10-4-2-1-3-5-10/h1-9,25H,(H,24,26). The third-order valence-electron chi connectivity index (χ3n) is 3.71. The molecule has 26 heavy (non-hydrogen) atoms. The lowest BCUT2D eigenvalue weighted by atomic mass is 10.0. The molecule has 3 aromatic rings. The molecule has 0 heterocycles. The minimum atomic E-state index is -1.56. The zero-order valence-corrected chi connectivity index (χ0v) is 13.1. The number of nitrogens with one attached hydrogen (secondary N) is 1. The number of carbonyl (C=O) groups is 1. The Hall–Kier alpha value is -3.35. The summed E-state index contributed by atoms with van der Waals surface area (Å²) in [6.07, 6.45) is 0. The molecule has 0 fully saturated rings. The molecule has 0 aliphatic rings. The van der Waals surface area contributed by atoms with Gasteiger partial charge in [-0.1, -0.05) is 18.2 Å². The normalized spacial score (nSPS) is 10.6. The Labute approximate surface area is 145 Å². The van der Waals surface area contributed by atoms with Crippen molar-refractivity contribution in [2.45, 2.75) is 0 Å². The van der Waals surface area contributed by atoms with E-state index in [2.05, 4.69) is 5.32 Å². The van der Waals surface area contributed by atoms with E-state index in [4.69, 9.17) is 0 Å². The molecule has 0 bridgehead atoms. The first-order chi connectivity index (χ1) is 12.4. The highest BCUT2D eigenvalue weighted by atomic mass is 19.2. The molecule has 2 N–H and O–H groups in total. The number of hydrogen-bond donors (Lipinski definition) is 2. The van der Waals surface area contributed by atoms with Gasteiger partial charge in [-0.05, 0) is 36.4 Å². The summed E-state index contributed by atoms with van der Waals surface area (Å²) in [6, 6.07) is 11.2. The summed E-state index contributed by atoms with van der Waals surface area (Å²) >= 11 is 0. The van der Waals surface area contributed by atoms with Crippen LogP contribution in [0.15, 0.2) is 54.6 Å². The minimum absolute atomic E-state index is 0.224. The average molecular weight is 361 g/mol. The number of hydrogen-bond acceptors (Lipinski definition) is 2. The van der Waals surface area contributed by atoms with E-state index in [1.807, 2.05) is 0 Å². The van der Waals surface area contributed by atoms with Crippen LogP contribution >= 0.6 is 0 Å². The van der Waals surface area contributed by atoms with E-state index < -0.39 is 51.7 Å². The first-order valence-corrected chi connectivity index (χ1v) is 7.42. The summed E-state index contributed by atoms with van der Waals surface area (Å²) in [6.45, 7) is 0. The number of halogens is 4. The quantitative estimate of drug-likeness (QED) is 0.654. The predicted octanol–water partition coefficient (Wildman–Crippen LogP) is 4.87. The zero-order valence-electron chi connectivity index (χ0n) is 13.1. The van der Waals surface area contributed by atoms with Gasteiger partial charge < -0.3 is 10.4 Å². The van der Waals surface area contributed by atoms with E-state index >= 15 is 0 Å². The van der Waals surface area contributed by atoms with Crippen LogP contribution in [0.5, 0.6) is 5.75 Å². The molecular formula is C19H11F4NO2. The maximum absolute atomic E-state index is 14.4. The second-order valence-corrected chi connectivity index (χ2v) is 5.36. The molecule has 0 unspecified atom stereocenters. The van der Waals surface area contributed by atoms with Crippen molar-refractivity contribution in [3.05, 3.63) is 83.4 Å². The SMILES string of the molecule is O=C(Nc1ccc(-c2c(F)ccc(O)c2F)c(F)c1F)c1ccccc1. The van der Waals surface area contributed by atoms with Crippen LogP contribution < -0.4 is 5.32 Å². The van der Waals surface area contributed by atoms with Gasteiger partial charge in [0.05, 0.1) is 11.3 Å². The molecule has 132 valence electrons. The van der Waals surface area contributed by atoms with Crippen LogP contribution in [-0.4, -0.2) is 11.0 Å². The molecule has 3 rings (SSSR count). The van der Waals surface area contributed by atoms with Crippen LogP contribution in [0.25, 0.3) is 11.1 Å². The molecule has 0 saturated carbocycles. The highest BCUT2D eigenvalue weighted by Crippen LogP contribution is 2.35. The molecule has 3 aromatic carbocycles. The van der Waals surface area contributed by atoms with Gasteiger partial charge in [-0.3, -0.25) is 4.79 Å². The number of carbonyl (C=O) groups excluding carboxylic acids is 1. The van der Waals surface area contributed by atoms with Crippen molar-refractivity contribution in [3.63, 3.8) is 0 Å². The minimum Gasteiger partial charge on any atom is -0.505 e. The van der Waals surface area contributed by atoms with Gasteiger partial charge in [0.15, 0.2) is 23.2 Å². The summed E-state index contributed by atoms with van der Waals surface area (Å²) < 4.78 is 56.4. The predicted molar refractivity (Wildman–Crippen MR) is 87.8 cm³/mol. The van der Waals surface area contributed by atoms with Gasteiger partial charge in [-0.15, -0.1) is 0 Å². The van der Waals surface area contributed by atoms with Crippen molar-refractivity contribution in [2.24, 2.45) is 0 Å². The molecule has 1 amide bonds. The van der Waals surface area contributed by atoms with Crippen molar-refractivity contribution in [3.8, 4) is 16.9 Å². The van der Waals surface area contributed by atoms with Gasteiger partial charge in [-0.25, -0.2) is 17.6 Å². The third kappa shape index (κ3) is 3.11. The van der Waals surface area contributed by atoms with Crippen molar-refractivity contribution in [1.29, 1.82) is 0 Å². The first kappa shape index (κ1) is 17.5. The summed E-state index contributed by atoms with van der Waals surface area (Å²) in [7, 11) is 0. The Morgan fingerprint density at radius 1 is 0.808 bits per heavy atom. The Balaban J connectivity index is 2.00. The molecule has 0 aromatic heterocycles. The van der Waals surface area contributed by atoms with Crippen LogP contribution in [0, 0.1) is 23.3 Å². The van der Waals surface area contributed by atoms with Crippen molar-refractivity contribution >= 4 is 11.6 Å². The van der Waals surface area contributed by atoms with Crippen molar-refractivity contribution < 1.29 is 27.5 Å². The van der Waals surface area contributed by atoms with E-state index in [0.29, 0.717) is 0 Å². The van der Waals surface area contributed by atoms with E-state index in [1.165, 1.54) is 12.1 Å². The molecule has 0 radical (unpaired) electrons. The fraction of sp³-hybridized carbons (Fsp3) is 0. The highest BCUT2D eigenvalue weighted by Gasteiger charge is 2.22. The highest BCUT2D eigenvalue weighted by molar-refractivity contribution is 6.04. The number of anilines is 1. The van der Waals surface area contributed by atoms with Gasteiger partial charge in [0.25, 0.3) is 5.91 Å². The smallest absolute Gasteiger partial charge is 0.255 e. The summed E-state index contributed by atoms with van der Waals surface area (Å²) in [4.78, 5) is 12.0. The van der Waals surface area contributed by atoms with Crippen LogP contribution in [-0.2, 0) is 0 Å². The van der Waals surface area contributed by atoms with Gasteiger partial charge >= 0.3 is 0 Å². The molecule has 0 aliphatic heterocycles. The van der Waals surface area contributed by atoms with E-state index in [9.17, 15) is 27.5 Å².